The van der Waals surface area contributed by atoms with E-state index in [0.29, 0.717) is 5.69 Å². The van der Waals surface area contributed by atoms with Gasteiger partial charge in [0.15, 0.2) is 11.6 Å². The molecule has 3 N–H and O–H groups in total. The monoisotopic (exact) mass is 262 g/mol. The molecule has 2 rings (SSSR count). The molecule has 19 heavy (non-hydrogen) atoms. The minimum atomic E-state index is -0.961. The van der Waals surface area contributed by atoms with Crippen molar-refractivity contribution in [3.63, 3.8) is 0 Å². The van der Waals surface area contributed by atoms with Crippen molar-refractivity contribution in [2.24, 2.45) is 0 Å². The van der Waals surface area contributed by atoms with Gasteiger partial charge in [-0.2, -0.15) is 0 Å². The van der Waals surface area contributed by atoms with Crippen LogP contribution in [0.25, 0.3) is 0 Å². The van der Waals surface area contributed by atoms with Gasteiger partial charge in [0, 0.05) is 5.69 Å². The van der Waals surface area contributed by atoms with Gasteiger partial charge in [-0.15, -0.1) is 0 Å². The van der Waals surface area contributed by atoms with E-state index in [-0.39, 0.29) is 11.4 Å². The van der Waals surface area contributed by atoms with Crippen LogP contribution in [0.4, 0.5) is 25.8 Å². The van der Waals surface area contributed by atoms with Crippen LogP contribution < -0.4 is 11.1 Å². The van der Waals surface area contributed by atoms with Gasteiger partial charge < -0.3 is 11.1 Å². The zero-order chi connectivity index (χ0) is 13.8. The van der Waals surface area contributed by atoms with Gasteiger partial charge in [-0.25, -0.2) is 8.78 Å². The fraction of sp³-hybridized carbons (Fsp3) is 0.200. The lowest BCUT2D eigenvalue weighted by molar-refractivity contribution is 0.512. The van der Waals surface area contributed by atoms with E-state index in [0.717, 1.165) is 18.9 Å². The molecule has 0 radical (unpaired) electrons. The number of hydrogen-bond acceptors (Lipinski definition) is 2. The first-order chi connectivity index (χ1) is 9.11. The van der Waals surface area contributed by atoms with Crippen LogP contribution in [0.1, 0.15) is 18.9 Å². The van der Waals surface area contributed by atoms with E-state index < -0.39 is 11.6 Å². The molecule has 0 bridgehead atoms. The Balaban J connectivity index is 2.24. The van der Waals surface area contributed by atoms with Crippen molar-refractivity contribution in [3.05, 3.63) is 53.6 Å². The molecule has 100 valence electrons. The van der Waals surface area contributed by atoms with Crippen molar-refractivity contribution in [1.82, 2.24) is 0 Å². The van der Waals surface area contributed by atoms with Crippen molar-refractivity contribution in [2.75, 3.05) is 11.1 Å². The smallest absolute Gasteiger partial charge is 0.184 e. The molecule has 0 spiro atoms. The quantitative estimate of drug-likeness (QED) is 0.809. The highest BCUT2D eigenvalue weighted by atomic mass is 19.2. The average molecular weight is 262 g/mol. The van der Waals surface area contributed by atoms with E-state index in [1.807, 2.05) is 24.3 Å². The van der Waals surface area contributed by atoms with Crippen molar-refractivity contribution in [3.8, 4) is 0 Å². The summed E-state index contributed by atoms with van der Waals surface area (Å²) in [5.41, 5.74) is 7.69. The van der Waals surface area contributed by atoms with Gasteiger partial charge in [-0.05, 0) is 36.2 Å². The molecule has 0 atom stereocenters. The number of nitrogens with one attached hydrogen (secondary N) is 1. The maximum absolute atomic E-state index is 13.6. The van der Waals surface area contributed by atoms with Gasteiger partial charge in [0.1, 0.15) is 5.69 Å². The van der Waals surface area contributed by atoms with E-state index in [1.54, 1.807) is 0 Å². The second-order valence-electron chi connectivity index (χ2n) is 4.40. The molecular weight excluding hydrogens is 246 g/mol. The second kappa shape index (κ2) is 5.69. The van der Waals surface area contributed by atoms with Crippen LogP contribution in [-0.4, -0.2) is 0 Å². The first kappa shape index (κ1) is 13.3. The molecule has 2 aromatic rings. The van der Waals surface area contributed by atoms with Gasteiger partial charge >= 0.3 is 0 Å². The standard InChI is InChI=1S/C15H16F2N2/c1-2-3-10-4-6-11(7-5-10)19-15-13(18)9-8-12(16)14(15)17/h4-9,19H,2-3,18H2,1H3. The molecule has 0 saturated carbocycles. The Morgan fingerprint density at radius 2 is 1.74 bits per heavy atom. The second-order valence-corrected chi connectivity index (χ2v) is 4.40. The Morgan fingerprint density at radius 1 is 1.05 bits per heavy atom. The third kappa shape index (κ3) is 3.02. The van der Waals surface area contributed by atoms with E-state index in [1.165, 1.54) is 11.6 Å². The molecule has 0 saturated heterocycles. The Bertz CT molecular complexity index is 565. The SMILES string of the molecule is CCCc1ccc(Nc2c(N)ccc(F)c2F)cc1. The van der Waals surface area contributed by atoms with Gasteiger partial charge in [-0.1, -0.05) is 25.5 Å². The van der Waals surface area contributed by atoms with Gasteiger partial charge in [-0.3, -0.25) is 0 Å². The predicted molar refractivity (Wildman–Crippen MR) is 74.5 cm³/mol. The molecule has 0 aliphatic rings. The Hall–Kier alpha value is -2.10. The summed E-state index contributed by atoms with van der Waals surface area (Å²) in [5, 5.41) is 2.81. The maximum Gasteiger partial charge on any atom is 0.184 e. The number of hydrogen-bond donors (Lipinski definition) is 2. The van der Waals surface area contributed by atoms with Crippen LogP contribution in [-0.2, 0) is 6.42 Å². The summed E-state index contributed by atoms with van der Waals surface area (Å²) in [7, 11) is 0. The topological polar surface area (TPSA) is 38.0 Å². The first-order valence-electron chi connectivity index (χ1n) is 6.21. The number of benzene rings is 2. The van der Waals surface area contributed by atoms with Crippen LogP contribution in [0, 0.1) is 11.6 Å². The highest BCUT2D eigenvalue weighted by Crippen LogP contribution is 2.28. The summed E-state index contributed by atoms with van der Waals surface area (Å²) < 4.78 is 26.8. The van der Waals surface area contributed by atoms with E-state index >= 15 is 0 Å². The number of nitrogens with two attached hydrogens (primary N) is 1. The van der Waals surface area contributed by atoms with Crippen LogP contribution in [0.3, 0.4) is 0 Å². The average Bonchev–Trinajstić information content (AvgIpc) is 2.41. The molecule has 2 nitrogen and oxygen atoms in total. The van der Waals surface area contributed by atoms with Crippen molar-refractivity contribution < 1.29 is 8.78 Å². The lowest BCUT2D eigenvalue weighted by Crippen LogP contribution is -2.01. The molecule has 0 unspecified atom stereocenters. The first-order valence-corrected chi connectivity index (χ1v) is 6.21. The molecule has 0 aliphatic carbocycles. The maximum atomic E-state index is 13.6. The third-order valence-corrected chi connectivity index (χ3v) is 2.89. The lowest BCUT2D eigenvalue weighted by Gasteiger charge is -2.11. The summed E-state index contributed by atoms with van der Waals surface area (Å²) >= 11 is 0. The number of anilines is 3. The minimum absolute atomic E-state index is 0.0248. The zero-order valence-corrected chi connectivity index (χ0v) is 10.7. The summed E-state index contributed by atoms with van der Waals surface area (Å²) in [6.07, 6.45) is 2.06. The van der Waals surface area contributed by atoms with E-state index in [9.17, 15) is 8.78 Å². The largest absolute Gasteiger partial charge is 0.397 e. The normalized spacial score (nSPS) is 10.5. The van der Waals surface area contributed by atoms with E-state index in [2.05, 4.69) is 12.2 Å². The molecule has 0 aliphatic heterocycles. The molecule has 4 heteroatoms. The fourth-order valence-corrected chi connectivity index (χ4v) is 1.88. The van der Waals surface area contributed by atoms with Crippen molar-refractivity contribution in [1.29, 1.82) is 0 Å². The zero-order valence-electron chi connectivity index (χ0n) is 10.7. The van der Waals surface area contributed by atoms with Gasteiger partial charge in [0.05, 0.1) is 5.69 Å². The fourth-order valence-electron chi connectivity index (χ4n) is 1.88. The molecule has 0 amide bonds. The predicted octanol–water partition coefficient (Wildman–Crippen LogP) is 4.24. The summed E-state index contributed by atoms with van der Waals surface area (Å²) in [6, 6.07) is 9.92. The number of rotatable bonds is 4. The van der Waals surface area contributed by atoms with Crippen LogP contribution in [0.15, 0.2) is 36.4 Å². The highest BCUT2D eigenvalue weighted by Gasteiger charge is 2.11. The molecule has 0 heterocycles. The molecule has 0 aromatic heterocycles. The number of halogens is 2. The highest BCUT2D eigenvalue weighted by molar-refractivity contribution is 5.73. The van der Waals surface area contributed by atoms with Crippen LogP contribution in [0.2, 0.25) is 0 Å². The Morgan fingerprint density at radius 3 is 2.37 bits per heavy atom. The summed E-state index contributed by atoms with van der Waals surface area (Å²) in [4.78, 5) is 0. The van der Waals surface area contributed by atoms with E-state index in [4.69, 9.17) is 5.73 Å². The summed E-state index contributed by atoms with van der Waals surface area (Å²) in [5.74, 6) is -1.88. The minimum Gasteiger partial charge on any atom is -0.397 e. The molecule has 2 aromatic carbocycles. The third-order valence-electron chi connectivity index (χ3n) is 2.89. The van der Waals surface area contributed by atoms with Crippen LogP contribution >= 0.6 is 0 Å². The number of nitrogen functional groups attached to an aromatic ring is 1. The molecule has 0 fully saturated rings. The Kier molecular flexibility index (Phi) is 4.00. The van der Waals surface area contributed by atoms with Gasteiger partial charge in [0.2, 0.25) is 0 Å². The lowest BCUT2D eigenvalue weighted by atomic mass is 10.1. The number of aryl methyl sites for hydroxylation is 1. The van der Waals surface area contributed by atoms with Crippen LogP contribution in [0.5, 0.6) is 0 Å². The Labute approximate surface area is 111 Å². The van der Waals surface area contributed by atoms with Crippen molar-refractivity contribution in [2.45, 2.75) is 19.8 Å². The van der Waals surface area contributed by atoms with Gasteiger partial charge in [0.25, 0.3) is 0 Å². The van der Waals surface area contributed by atoms with Crippen molar-refractivity contribution >= 4 is 17.1 Å². The summed E-state index contributed by atoms with van der Waals surface area (Å²) in [6.45, 7) is 2.11. The molecular formula is C15H16F2N2.